The summed E-state index contributed by atoms with van der Waals surface area (Å²) < 4.78 is 15.4. The number of amides is 1. The highest BCUT2D eigenvalue weighted by atomic mass is 16.5. The molecule has 1 N–H and O–H groups in total. The van der Waals surface area contributed by atoms with Gasteiger partial charge in [0.25, 0.3) is 5.91 Å². The molecule has 1 atom stereocenters. The van der Waals surface area contributed by atoms with E-state index < -0.39 is 5.97 Å². The number of methoxy groups -OCH3 is 2. The van der Waals surface area contributed by atoms with E-state index in [0.717, 1.165) is 12.8 Å². The van der Waals surface area contributed by atoms with E-state index in [1.54, 1.807) is 12.1 Å². The van der Waals surface area contributed by atoms with E-state index in [1.165, 1.54) is 25.8 Å². The number of carbonyl (C=O) groups excluding carboxylic acids is 2. The summed E-state index contributed by atoms with van der Waals surface area (Å²) in [5.74, 6) is 0.0690. The second-order valence-corrected chi connectivity index (χ2v) is 6.14. The Morgan fingerprint density at radius 1 is 1.04 bits per heavy atom. The molecular formula is C21H25NO5. The van der Waals surface area contributed by atoms with Gasteiger partial charge in [0, 0.05) is 6.04 Å². The molecule has 0 spiro atoms. The zero-order chi connectivity index (χ0) is 19.6. The lowest BCUT2D eigenvalue weighted by molar-refractivity contribution is -0.123. The summed E-state index contributed by atoms with van der Waals surface area (Å²) in [6.07, 6.45) is 1.73. The van der Waals surface area contributed by atoms with Crippen molar-refractivity contribution in [3.05, 3.63) is 59.7 Å². The van der Waals surface area contributed by atoms with Crippen molar-refractivity contribution in [2.45, 2.75) is 25.8 Å². The van der Waals surface area contributed by atoms with Gasteiger partial charge in [-0.2, -0.15) is 0 Å². The maximum absolute atomic E-state index is 12.1. The molecule has 2 rings (SSSR count). The van der Waals surface area contributed by atoms with Gasteiger partial charge in [0.15, 0.2) is 18.1 Å². The molecule has 6 nitrogen and oxygen atoms in total. The molecule has 2 aromatic carbocycles. The number of hydrogen-bond donors (Lipinski definition) is 1. The number of aryl methyl sites for hydroxylation is 1. The molecule has 0 aliphatic carbocycles. The van der Waals surface area contributed by atoms with E-state index in [1.807, 2.05) is 25.1 Å². The quantitative estimate of drug-likeness (QED) is 0.686. The van der Waals surface area contributed by atoms with E-state index in [-0.39, 0.29) is 18.6 Å². The smallest absolute Gasteiger partial charge is 0.337 e. The maximum Gasteiger partial charge on any atom is 0.337 e. The summed E-state index contributed by atoms with van der Waals surface area (Å²) in [6, 6.07) is 14.8. The van der Waals surface area contributed by atoms with Crippen LogP contribution in [0, 0.1) is 0 Å². The predicted molar refractivity (Wildman–Crippen MR) is 102 cm³/mol. The standard InChI is InChI=1S/C21H25NO5/c1-15(9-10-16-7-5-4-6-8-16)22-20(23)14-27-18-12-11-17(21(24)26-3)13-19(18)25-2/h4-8,11-13,15H,9-10,14H2,1-3H3,(H,22,23). The molecule has 0 fully saturated rings. The maximum atomic E-state index is 12.1. The molecule has 0 heterocycles. The minimum Gasteiger partial charge on any atom is -0.493 e. The number of carbonyl (C=O) groups is 2. The first-order chi connectivity index (χ1) is 13.0. The van der Waals surface area contributed by atoms with E-state index in [0.29, 0.717) is 17.1 Å². The van der Waals surface area contributed by atoms with Crippen molar-refractivity contribution in [3.63, 3.8) is 0 Å². The van der Waals surface area contributed by atoms with Crippen molar-refractivity contribution in [2.75, 3.05) is 20.8 Å². The molecule has 27 heavy (non-hydrogen) atoms. The molecule has 1 unspecified atom stereocenters. The summed E-state index contributed by atoms with van der Waals surface area (Å²) >= 11 is 0. The van der Waals surface area contributed by atoms with Crippen LogP contribution in [0.25, 0.3) is 0 Å². The summed E-state index contributed by atoms with van der Waals surface area (Å²) in [4.78, 5) is 23.7. The average Bonchev–Trinajstić information content (AvgIpc) is 2.70. The number of rotatable bonds is 9. The number of nitrogens with one attached hydrogen (secondary N) is 1. The molecule has 6 heteroatoms. The van der Waals surface area contributed by atoms with Crippen LogP contribution < -0.4 is 14.8 Å². The van der Waals surface area contributed by atoms with Crippen LogP contribution in [0.1, 0.15) is 29.3 Å². The molecule has 144 valence electrons. The Morgan fingerprint density at radius 2 is 1.78 bits per heavy atom. The first-order valence-electron chi connectivity index (χ1n) is 8.76. The molecule has 0 aliphatic heterocycles. The van der Waals surface area contributed by atoms with Gasteiger partial charge in [0.05, 0.1) is 19.8 Å². The zero-order valence-corrected chi connectivity index (χ0v) is 15.9. The largest absolute Gasteiger partial charge is 0.493 e. The SMILES string of the molecule is COC(=O)c1ccc(OCC(=O)NC(C)CCc2ccccc2)c(OC)c1. The third-order valence-electron chi connectivity index (χ3n) is 4.06. The average molecular weight is 371 g/mol. The van der Waals surface area contributed by atoms with E-state index in [2.05, 4.69) is 22.2 Å². The van der Waals surface area contributed by atoms with Gasteiger partial charge in [0.1, 0.15) is 0 Å². The third-order valence-corrected chi connectivity index (χ3v) is 4.06. The van der Waals surface area contributed by atoms with Gasteiger partial charge in [-0.3, -0.25) is 4.79 Å². The second-order valence-electron chi connectivity index (χ2n) is 6.14. The summed E-state index contributed by atoms with van der Waals surface area (Å²) in [6.45, 7) is 1.83. The summed E-state index contributed by atoms with van der Waals surface area (Å²) in [7, 11) is 2.78. The van der Waals surface area contributed by atoms with Crippen LogP contribution in [0.4, 0.5) is 0 Å². The van der Waals surface area contributed by atoms with Crippen LogP contribution in [-0.2, 0) is 16.0 Å². The van der Waals surface area contributed by atoms with Crippen LogP contribution in [-0.4, -0.2) is 38.7 Å². The van der Waals surface area contributed by atoms with Gasteiger partial charge in [-0.15, -0.1) is 0 Å². The normalized spacial score (nSPS) is 11.4. The molecule has 0 bridgehead atoms. The van der Waals surface area contributed by atoms with Crippen LogP contribution >= 0.6 is 0 Å². The zero-order valence-electron chi connectivity index (χ0n) is 15.9. The number of ether oxygens (including phenoxy) is 3. The van der Waals surface area contributed by atoms with E-state index in [4.69, 9.17) is 9.47 Å². The monoisotopic (exact) mass is 371 g/mol. The fraction of sp³-hybridized carbons (Fsp3) is 0.333. The molecule has 0 saturated heterocycles. The van der Waals surface area contributed by atoms with Gasteiger partial charge >= 0.3 is 5.97 Å². The first-order valence-corrected chi connectivity index (χ1v) is 8.76. The highest BCUT2D eigenvalue weighted by molar-refractivity contribution is 5.90. The lowest BCUT2D eigenvalue weighted by Gasteiger charge is -2.15. The van der Waals surface area contributed by atoms with Gasteiger partial charge in [-0.05, 0) is 43.5 Å². The van der Waals surface area contributed by atoms with Crippen molar-refractivity contribution >= 4 is 11.9 Å². The van der Waals surface area contributed by atoms with Crippen molar-refractivity contribution in [2.24, 2.45) is 0 Å². The Balaban J connectivity index is 1.83. The minimum absolute atomic E-state index is 0.0323. The molecule has 0 radical (unpaired) electrons. The Hall–Kier alpha value is -3.02. The lowest BCUT2D eigenvalue weighted by Crippen LogP contribution is -2.36. The van der Waals surface area contributed by atoms with E-state index in [9.17, 15) is 9.59 Å². The fourth-order valence-electron chi connectivity index (χ4n) is 2.59. The van der Waals surface area contributed by atoms with Crippen molar-refractivity contribution in [1.82, 2.24) is 5.32 Å². The van der Waals surface area contributed by atoms with Gasteiger partial charge in [0.2, 0.25) is 0 Å². The second kappa shape index (κ2) is 10.2. The van der Waals surface area contributed by atoms with Crippen molar-refractivity contribution in [3.8, 4) is 11.5 Å². The van der Waals surface area contributed by atoms with E-state index >= 15 is 0 Å². The van der Waals surface area contributed by atoms with Crippen LogP contribution in [0.3, 0.4) is 0 Å². The van der Waals surface area contributed by atoms with Crippen LogP contribution in [0.5, 0.6) is 11.5 Å². The predicted octanol–water partition coefficient (Wildman–Crippen LogP) is 3.00. The first kappa shape index (κ1) is 20.3. The third kappa shape index (κ3) is 6.33. The fourth-order valence-corrected chi connectivity index (χ4v) is 2.59. The molecule has 0 saturated carbocycles. The molecule has 1 amide bonds. The van der Waals surface area contributed by atoms with Gasteiger partial charge in [-0.25, -0.2) is 4.79 Å². The van der Waals surface area contributed by atoms with Crippen LogP contribution in [0.15, 0.2) is 48.5 Å². The topological polar surface area (TPSA) is 73.9 Å². The Kier molecular flexibility index (Phi) is 7.67. The molecule has 2 aromatic rings. The van der Waals surface area contributed by atoms with Gasteiger partial charge in [-0.1, -0.05) is 30.3 Å². The summed E-state index contributed by atoms with van der Waals surface area (Å²) in [5, 5.41) is 2.92. The molecular weight excluding hydrogens is 346 g/mol. The molecule has 0 aliphatic rings. The lowest BCUT2D eigenvalue weighted by atomic mass is 10.1. The Labute approximate surface area is 159 Å². The highest BCUT2D eigenvalue weighted by Gasteiger charge is 2.13. The van der Waals surface area contributed by atoms with Crippen molar-refractivity contribution < 1.29 is 23.8 Å². The van der Waals surface area contributed by atoms with Crippen LogP contribution in [0.2, 0.25) is 0 Å². The highest BCUT2D eigenvalue weighted by Crippen LogP contribution is 2.28. The molecule has 0 aromatic heterocycles. The van der Waals surface area contributed by atoms with Gasteiger partial charge < -0.3 is 19.5 Å². The number of hydrogen-bond acceptors (Lipinski definition) is 5. The van der Waals surface area contributed by atoms with Crippen molar-refractivity contribution in [1.29, 1.82) is 0 Å². The summed E-state index contributed by atoms with van der Waals surface area (Å²) in [5.41, 5.74) is 1.59. The minimum atomic E-state index is -0.468. The Morgan fingerprint density at radius 3 is 2.44 bits per heavy atom. The number of benzene rings is 2. The Bertz CT molecular complexity index is 760. The number of esters is 1.